The first-order chi connectivity index (χ1) is 13.3. The predicted molar refractivity (Wildman–Crippen MR) is 113 cm³/mol. The van der Waals surface area contributed by atoms with Crippen LogP contribution in [0.15, 0.2) is 42.5 Å². The smallest absolute Gasteiger partial charge is 0.228 e. The molecule has 2 aromatic carbocycles. The van der Waals surface area contributed by atoms with Crippen molar-refractivity contribution in [3.05, 3.63) is 63.6 Å². The van der Waals surface area contributed by atoms with E-state index in [2.05, 4.69) is 5.32 Å². The van der Waals surface area contributed by atoms with Gasteiger partial charge in [0, 0.05) is 34.4 Å². The van der Waals surface area contributed by atoms with Crippen molar-refractivity contribution in [2.75, 3.05) is 18.4 Å². The number of amides is 1. The second-order valence-electron chi connectivity index (χ2n) is 7.01. The minimum Gasteiger partial charge on any atom is -0.326 e. The lowest BCUT2D eigenvalue weighted by molar-refractivity contribution is -0.120. The van der Waals surface area contributed by atoms with Gasteiger partial charge in [0.1, 0.15) is 0 Å². The minimum atomic E-state index is -3.64. The Labute approximate surface area is 175 Å². The van der Waals surface area contributed by atoms with E-state index in [0.717, 1.165) is 5.56 Å². The monoisotopic (exact) mass is 440 g/mol. The summed E-state index contributed by atoms with van der Waals surface area (Å²) in [5.41, 5.74) is 2.20. The van der Waals surface area contributed by atoms with Gasteiger partial charge < -0.3 is 5.32 Å². The van der Waals surface area contributed by atoms with Crippen LogP contribution in [0.25, 0.3) is 0 Å². The number of rotatable bonds is 5. The molecule has 1 atom stereocenters. The van der Waals surface area contributed by atoms with Crippen molar-refractivity contribution in [3.8, 4) is 0 Å². The van der Waals surface area contributed by atoms with E-state index in [4.69, 9.17) is 23.2 Å². The van der Waals surface area contributed by atoms with Crippen LogP contribution >= 0.6 is 23.2 Å². The molecule has 2 aromatic rings. The minimum absolute atomic E-state index is 0.155. The average molecular weight is 441 g/mol. The normalized spacial score (nSPS) is 18.0. The number of sulfonamides is 1. The fraction of sp³-hybridized carbons (Fsp3) is 0.350. The van der Waals surface area contributed by atoms with E-state index in [9.17, 15) is 13.2 Å². The number of aryl methyl sites for hydroxylation is 1. The molecule has 150 valence electrons. The molecule has 1 saturated heterocycles. The number of benzene rings is 2. The molecule has 0 saturated carbocycles. The fourth-order valence-corrected chi connectivity index (χ4v) is 5.60. The highest BCUT2D eigenvalue weighted by Gasteiger charge is 2.33. The molecule has 0 bridgehead atoms. The molecule has 8 heteroatoms. The maximum atomic E-state index is 12.9. The molecule has 1 amide bonds. The van der Waals surface area contributed by atoms with Crippen LogP contribution in [0.4, 0.5) is 5.69 Å². The molecule has 0 aromatic heterocycles. The van der Waals surface area contributed by atoms with E-state index in [1.807, 2.05) is 31.2 Å². The molecule has 3 rings (SSSR count). The van der Waals surface area contributed by atoms with E-state index >= 15 is 0 Å². The van der Waals surface area contributed by atoms with Gasteiger partial charge in [0.25, 0.3) is 0 Å². The SMILES string of the molecule is Cc1ccc(NC(=O)[C@@H]2CCCN(S(=O)(=O)Cc3c(Cl)cccc3Cl)C2)cc1. The van der Waals surface area contributed by atoms with Crippen molar-refractivity contribution >= 4 is 44.8 Å². The standard InChI is InChI=1S/C20H22Cl2N2O3S/c1-14-7-9-16(10-8-14)23-20(25)15-4-3-11-24(12-15)28(26,27)13-17-18(21)5-2-6-19(17)22/h2,5-10,15H,3-4,11-13H2,1H3,(H,23,25)/t15-/m1/s1. The summed E-state index contributed by atoms with van der Waals surface area (Å²) in [4.78, 5) is 12.6. The number of hydrogen-bond donors (Lipinski definition) is 1. The van der Waals surface area contributed by atoms with Gasteiger partial charge in [-0.2, -0.15) is 0 Å². The first-order valence-corrected chi connectivity index (χ1v) is 11.4. The molecular weight excluding hydrogens is 419 g/mol. The Kier molecular flexibility index (Phi) is 6.65. The first-order valence-electron chi connectivity index (χ1n) is 9.04. The molecule has 1 heterocycles. The van der Waals surface area contributed by atoms with Gasteiger partial charge >= 0.3 is 0 Å². The molecule has 1 aliphatic heterocycles. The van der Waals surface area contributed by atoms with Crippen LogP contribution in [0.1, 0.15) is 24.0 Å². The third kappa shape index (κ3) is 5.06. The number of nitrogens with one attached hydrogen (secondary N) is 1. The molecular formula is C20H22Cl2N2O3S. The largest absolute Gasteiger partial charge is 0.326 e. The maximum absolute atomic E-state index is 12.9. The van der Waals surface area contributed by atoms with E-state index in [-0.39, 0.29) is 18.2 Å². The Bertz CT molecular complexity index is 942. The third-order valence-electron chi connectivity index (χ3n) is 4.86. The van der Waals surface area contributed by atoms with Crippen LogP contribution in [-0.2, 0) is 20.6 Å². The second-order valence-corrected chi connectivity index (χ2v) is 9.79. The number of anilines is 1. The zero-order valence-corrected chi connectivity index (χ0v) is 17.8. The van der Waals surface area contributed by atoms with Gasteiger partial charge in [-0.05, 0) is 44.0 Å². The van der Waals surface area contributed by atoms with E-state index in [1.165, 1.54) is 4.31 Å². The summed E-state index contributed by atoms with van der Waals surface area (Å²) in [6.45, 7) is 2.52. The van der Waals surface area contributed by atoms with Crippen molar-refractivity contribution in [3.63, 3.8) is 0 Å². The molecule has 1 fully saturated rings. The summed E-state index contributed by atoms with van der Waals surface area (Å²) in [6.07, 6.45) is 1.28. The van der Waals surface area contributed by atoms with Gasteiger partial charge in [0.2, 0.25) is 15.9 Å². The highest BCUT2D eigenvalue weighted by Crippen LogP contribution is 2.29. The Morgan fingerprint density at radius 2 is 1.79 bits per heavy atom. The summed E-state index contributed by atoms with van der Waals surface area (Å²) in [7, 11) is -3.64. The van der Waals surface area contributed by atoms with Crippen LogP contribution in [0, 0.1) is 12.8 Å². The first kappa shape index (κ1) is 21.1. The molecule has 0 aliphatic carbocycles. The van der Waals surface area contributed by atoms with Gasteiger partial charge in [-0.25, -0.2) is 12.7 Å². The van der Waals surface area contributed by atoms with Crippen molar-refractivity contribution < 1.29 is 13.2 Å². The molecule has 0 spiro atoms. The highest BCUT2D eigenvalue weighted by atomic mass is 35.5. The van der Waals surface area contributed by atoms with Gasteiger partial charge in [0.05, 0.1) is 11.7 Å². The van der Waals surface area contributed by atoms with Crippen LogP contribution < -0.4 is 5.32 Å². The van der Waals surface area contributed by atoms with Crippen molar-refractivity contribution in [2.45, 2.75) is 25.5 Å². The van der Waals surface area contributed by atoms with Crippen molar-refractivity contribution in [1.29, 1.82) is 0 Å². The molecule has 28 heavy (non-hydrogen) atoms. The average Bonchev–Trinajstić information content (AvgIpc) is 2.67. The lowest BCUT2D eigenvalue weighted by Crippen LogP contribution is -2.44. The number of piperidine rings is 1. The molecule has 1 aliphatic rings. The van der Waals surface area contributed by atoms with Crippen LogP contribution in [0.5, 0.6) is 0 Å². The Morgan fingerprint density at radius 1 is 1.14 bits per heavy atom. The van der Waals surface area contributed by atoms with Gasteiger partial charge in [-0.1, -0.05) is 47.0 Å². The molecule has 1 N–H and O–H groups in total. The second kappa shape index (κ2) is 8.82. The summed E-state index contributed by atoms with van der Waals surface area (Å²) in [6, 6.07) is 12.4. The van der Waals surface area contributed by atoms with E-state index in [1.54, 1.807) is 18.2 Å². The number of carbonyl (C=O) groups excluding carboxylic acids is 1. The Hall–Kier alpha value is -1.60. The highest BCUT2D eigenvalue weighted by molar-refractivity contribution is 7.88. The predicted octanol–water partition coefficient (Wildman–Crippen LogP) is 4.48. The van der Waals surface area contributed by atoms with Gasteiger partial charge in [-0.3, -0.25) is 4.79 Å². The van der Waals surface area contributed by atoms with Gasteiger partial charge in [0.15, 0.2) is 0 Å². The molecule has 0 unspecified atom stereocenters. The number of nitrogens with zero attached hydrogens (tertiary/aromatic N) is 1. The van der Waals surface area contributed by atoms with E-state index in [0.29, 0.717) is 40.7 Å². The lowest BCUT2D eigenvalue weighted by atomic mass is 9.98. The quantitative estimate of drug-likeness (QED) is 0.744. The number of carbonyl (C=O) groups is 1. The van der Waals surface area contributed by atoms with Crippen molar-refractivity contribution in [1.82, 2.24) is 4.31 Å². The topological polar surface area (TPSA) is 66.5 Å². The van der Waals surface area contributed by atoms with Crippen molar-refractivity contribution in [2.24, 2.45) is 5.92 Å². The Morgan fingerprint density at radius 3 is 2.43 bits per heavy atom. The zero-order valence-electron chi connectivity index (χ0n) is 15.5. The number of halogens is 2. The summed E-state index contributed by atoms with van der Waals surface area (Å²) < 4.78 is 27.2. The summed E-state index contributed by atoms with van der Waals surface area (Å²) >= 11 is 12.2. The van der Waals surface area contributed by atoms with Gasteiger partial charge in [-0.15, -0.1) is 0 Å². The third-order valence-corrected chi connectivity index (χ3v) is 7.34. The Balaban J connectivity index is 1.69. The maximum Gasteiger partial charge on any atom is 0.228 e. The van der Waals surface area contributed by atoms with E-state index < -0.39 is 15.9 Å². The fourth-order valence-electron chi connectivity index (χ4n) is 3.23. The number of hydrogen-bond acceptors (Lipinski definition) is 3. The van der Waals surface area contributed by atoms with Crippen LogP contribution in [0.3, 0.4) is 0 Å². The van der Waals surface area contributed by atoms with Crippen LogP contribution in [-0.4, -0.2) is 31.7 Å². The molecule has 5 nitrogen and oxygen atoms in total. The summed E-state index contributed by atoms with van der Waals surface area (Å²) in [5, 5.41) is 3.52. The molecule has 0 radical (unpaired) electrons. The lowest BCUT2D eigenvalue weighted by Gasteiger charge is -2.31. The zero-order chi connectivity index (χ0) is 20.3. The summed E-state index contributed by atoms with van der Waals surface area (Å²) in [5.74, 6) is -0.844. The van der Waals surface area contributed by atoms with Crippen LogP contribution in [0.2, 0.25) is 10.0 Å².